The van der Waals surface area contributed by atoms with E-state index < -0.39 is 5.63 Å². The summed E-state index contributed by atoms with van der Waals surface area (Å²) in [6.07, 6.45) is 3.54. The van der Waals surface area contributed by atoms with Crippen LogP contribution in [0.2, 0.25) is 0 Å². The van der Waals surface area contributed by atoms with Crippen molar-refractivity contribution in [3.8, 4) is 5.88 Å². The highest BCUT2D eigenvalue weighted by atomic mass is 16.5. The molecule has 3 rings (SSSR count). The first kappa shape index (κ1) is 13.4. The predicted octanol–water partition coefficient (Wildman–Crippen LogP) is 1.33. The maximum Gasteiger partial charge on any atom is 0.335 e. The monoisotopic (exact) mass is 286 g/mol. The van der Waals surface area contributed by atoms with Gasteiger partial charge in [0, 0.05) is 31.3 Å². The minimum absolute atomic E-state index is 0.0698. The van der Waals surface area contributed by atoms with Crippen LogP contribution >= 0.6 is 0 Å². The molecule has 1 aliphatic heterocycles. The zero-order valence-electron chi connectivity index (χ0n) is 11.3. The van der Waals surface area contributed by atoms with Gasteiger partial charge < -0.3 is 14.1 Å². The van der Waals surface area contributed by atoms with Gasteiger partial charge in [0.25, 0.3) is 5.91 Å². The van der Waals surface area contributed by atoms with E-state index >= 15 is 0 Å². The Morgan fingerprint density at radius 3 is 2.95 bits per heavy atom. The van der Waals surface area contributed by atoms with Crippen molar-refractivity contribution < 1.29 is 13.9 Å². The number of hydrogen-bond donors (Lipinski definition) is 0. The lowest BCUT2D eigenvalue weighted by molar-refractivity contribution is 0.0768. The first-order valence-electron chi connectivity index (χ1n) is 6.68. The van der Waals surface area contributed by atoms with Gasteiger partial charge in [0.05, 0.1) is 12.1 Å². The average Bonchev–Trinajstić information content (AvgIpc) is 2.97. The zero-order chi connectivity index (χ0) is 14.7. The quantitative estimate of drug-likeness (QED) is 0.851. The molecule has 0 bridgehead atoms. The summed E-state index contributed by atoms with van der Waals surface area (Å²) in [5.41, 5.74) is -0.0996. The highest BCUT2D eigenvalue weighted by Gasteiger charge is 2.28. The molecule has 1 fully saturated rings. The van der Waals surface area contributed by atoms with Gasteiger partial charge in [-0.3, -0.25) is 4.79 Å². The fourth-order valence-corrected chi connectivity index (χ4v) is 2.26. The van der Waals surface area contributed by atoms with Gasteiger partial charge in [0.2, 0.25) is 5.88 Å². The fourth-order valence-electron chi connectivity index (χ4n) is 2.26. The minimum Gasteiger partial charge on any atom is -0.472 e. The number of aromatic nitrogens is 1. The molecule has 0 saturated carbocycles. The lowest BCUT2D eigenvalue weighted by Gasteiger charge is -2.16. The summed E-state index contributed by atoms with van der Waals surface area (Å²) >= 11 is 0. The third-order valence-electron chi connectivity index (χ3n) is 3.31. The van der Waals surface area contributed by atoms with Crippen molar-refractivity contribution in [3.63, 3.8) is 0 Å². The van der Waals surface area contributed by atoms with Crippen molar-refractivity contribution in [1.29, 1.82) is 0 Å². The van der Waals surface area contributed by atoms with Crippen molar-refractivity contribution in [1.82, 2.24) is 9.88 Å². The maximum atomic E-state index is 12.2. The van der Waals surface area contributed by atoms with Gasteiger partial charge in [-0.1, -0.05) is 6.07 Å². The van der Waals surface area contributed by atoms with Gasteiger partial charge in [-0.05, 0) is 12.1 Å². The molecule has 21 heavy (non-hydrogen) atoms. The van der Waals surface area contributed by atoms with Crippen LogP contribution in [0.4, 0.5) is 0 Å². The lowest BCUT2D eigenvalue weighted by atomic mass is 10.2. The molecule has 1 saturated heterocycles. The maximum absolute atomic E-state index is 12.2. The summed E-state index contributed by atoms with van der Waals surface area (Å²) in [4.78, 5) is 28.9. The number of likely N-dealkylation sites (tertiary alicyclic amines) is 1. The Labute approximate surface area is 121 Å². The average molecular weight is 286 g/mol. The van der Waals surface area contributed by atoms with Crippen molar-refractivity contribution in [3.05, 3.63) is 58.8 Å². The van der Waals surface area contributed by atoms with Gasteiger partial charge >= 0.3 is 5.63 Å². The molecule has 3 heterocycles. The van der Waals surface area contributed by atoms with Crippen LogP contribution in [0.15, 0.2) is 52.0 Å². The summed E-state index contributed by atoms with van der Waals surface area (Å²) < 4.78 is 10.4. The van der Waals surface area contributed by atoms with Gasteiger partial charge in [-0.2, -0.15) is 0 Å². The first-order valence-corrected chi connectivity index (χ1v) is 6.68. The minimum atomic E-state index is -0.468. The summed E-state index contributed by atoms with van der Waals surface area (Å²) in [6, 6.07) is 8.18. The number of carbonyl (C=O) groups is 1. The van der Waals surface area contributed by atoms with Crippen LogP contribution < -0.4 is 10.4 Å². The van der Waals surface area contributed by atoms with Crippen LogP contribution in [0, 0.1) is 0 Å². The Morgan fingerprint density at radius 2 is 2.24 bits per heavy atom. The second kappa shape index (κ2) is 5.78. The third kappa shape index (κ3) is 3.10. The number of ether oxygens (including phenoxy) is 1. The number of carbonyl (C=O) groups excluding carboxylic acids is 1. The lowest BCUT2D eigenvalue weighted by Crippen LogP contribution is -2.31. The number of rotatable bonds is 3. The molecule has 0 N–H and O–H groups in total. The van der Waals surface area contributed by atoms with Gasteiger partial charge in [0.1, 0.15) is 12.4 Å². The standard InChI is InChI=1S/C15H14N2O4/c18-14-5-4-11(10-20-14)15(19)17-8-6-12(9-17)21-13-3-1-2-7-16-13/h1-5,7,10,12H,6,8-9H2. The van der Waals surface area contributed by atoms with Gasteiger partial charge in [-0.15, -0.1) is 0 Å². The largest absolute Gasteiger partial charge is 0.472 e. The summed E-state index contributed by atoms with van der Waals surface area (Å²) in [7, 11) is 0. The molecule has 1 atom stereocenters. The molecule has 6 heteroatoms. The molecule has 1 aliphatic rings. The Balaban J connectivity index is 1.63. The van der Waals surface area contributed by atoms with Crippen molar-refractivity contribution in [2.75, 3.05) is 13.1 Å². The topological polar surface area (TPSA) is 72.6 Å². The van der Waals surface area contributed by atoms with Gasteiger partial charge in [0.15, 0.2) is 0 Å². The highest BCUT2D eigenvalue weighted by Crippen LogP contribution is 2.17. The molecule has 108 valence electrons. The molecule has 0 spiro atoms. The first-order chi connectivity index (χ1) is 10.2. The molecule has 1 unspecified atom stereocenters. The second-order valence-corrected chi connectivity index (χ2v) is 4.79. The van der Waals surface area contributed by atoms with Crippen molar-refractivity contribution >= 4 is 5.91 Å². The number of hydrogen-bond acceptors (Lipinski definition) is 5. The smallest absolute Gasteiger partial charge is 0.335 e. The van der Waals surface area contributed by atoms with E-state index in [-0.39, 0.29) is 12.0 Å². The SMILES string of the molecule is O=C(c1ccc(=O)oc1)N1CCC(Oc2ccccn2)C1. The number of pyridine rings is 1. The Hall–Kier alpha value is -2.63. The van der Waals surface area contributed by atoms with Gasteiger partial charge in [-0.25, -0.2) is 9.78 Å². The van der Waals surface area contributed by atoms with Crippen LogP contribution in [0.1, 0.15) is 16.8 Å². The zero-order valence-corrected chi connectivity index (χ0v) is 11.3. The van der Waals surface area contributed by atoms with Crippen LogP contribution in [-0.4, -0.2) is 35.0 Å². The van der Waals surface area contributed by atoms with Crippen LogP contribution in [-0.2, 0) is 0 Å². The highest BCUT2D eigenvalue weighted by molar-refractivity contribution is 5.93. The van der Waals surface area contributed by atoms with Crippen LogP contribution in [0.25, 0.3) is 0 Å². The van der Waals surface area contributed by atoms with E-state index in [2.05, 4.69) is 4.98 Å². The molecule has 2 aromatic heterocycles. The molecule has 0 radical (unpaired) electrons. The van der Waals surface area contributed by atoms with E-state index in [1.54, 1.807) is 17.2 Å². The van der Waals surface area contributed by atoms with Crippen LogP contribution in [0.3, 0.4) is 0 Å². The van der Waals surface area contributed by atoms with E-state index in [4.69, 9.17) is 9.15 Å². The Kier molecular flexibility index (Phi) is 3.68. The Morgan fingerprint density at radius 1 is 1.33 bits per heavy atom. The van der Waals surface area contributed by atoms with Crippen molar-refractivity contribution in [2.45, 2.75) is 12.5 Å². The van der Waals surface area contributed by atoms with E-state index in [1.165, 1.54) is 18.4 Å². The molecular weight excluding hydrogens is 272 g/mol. The van der Waals surface area contributed by atoms with E-state index in [0.29, 0.717) is 24.5 Å². The predicted molar refractivity (Wildman–Crippen MR) is 74.2 cm³/mol. The Bertz CT molecular complexity index is 663. The number of amides is 1. The molecule has 0 aliphatic carbocycles. The molecule has 1 amide bonds. The normalized spacial score (nSPS) is 17.7. The summed E-state index contributed by atoms with van der Waals surface area (Å²) in [5, 5.41) is 0. The van der Waals surface area contributed by atoms with E-state index in [1.807, 2.05) is 12.1 Å². The van der Waals surface area contributed by atoms with Crippen molar-refractivity contribution in [2.24, 2.45) is 0 Å². The number of nitrogens with zero attached hydrogens (tertiary/aromatic N) is 2. The summed E-state index contributed by atoms with van der Waals surface area (Å²) in [5.74, 6) is 0.397. The fraction of sp³-hybridized carbons (Fsp3) is 0.267. The molecule has 0 aromatic carbocycles. The van der Waals surface area contributed by atoms with Crippen LogP contribution in [0.5, 0.6) is 5.88 Å². The molecular formula is C15H14N2O4. The van der Waals surface area contributed by atoms with E-state index in [9.17, 15) is 9.59 Å². The molecule has 6 nitrogen and oxygen atoms in total. The molecule has 2 aromatic rings. The summed E-state index contributed by atoms with van der Waals surface area (Å²) in [6.45, 7) is 1.10. The third-order valence-corrected chi connectivity index (χ3v) is 3.31. The second-order valence-electron chi connectivity index (χ2n) is 4.79. The van der Waals surface area contributed by atoms with E-state index in [0.717, 1.165) is 6.42 Å².